The molecule has 0 aliphatic heterocycles. The van der Waals surface area contributed by atoms with Crippen molar-refractivity contribution in [3.63, 3.8) is 0 Å². The Morgan fingerprint density at radius 3 is 2.84 bits per heavy atom. The van der Waals surface area contributed by atoms with Gasteiger partial charge in [-0.1, -0.05) is 49.0 Å². The third kappa shape index (κ3) is 4.17. The number of rotatable bonds is 7. The van der Waals surface area contributed by atoms with E-state index in [1.165, 1.54) is 23.7 Å². The summed E-state index contributed by atoms with van der Waals surface area (Å²) in [6.07, 6.45) is 4.23. The van der Waals surface area contributed by atoms with Crippen molar-refractivity contribution in [2.75, 3.05) is 12.3 Å². The molecule has 1 N–H and O–H groups in total. The van der Waals surface area contributed by atoms with Gasteiger partial charge in [0.25, 0.3) is 0 Å². The molecule has 25 heavy (non-hydrogen) atoms. The highest BCUT2D eigenvalue weighted by molar-refractivity contribution is 8.00. The van der Waals surface area contributed by atoms with Crippen LogP contribution in [0.4, 0.5) is 0 Å². The average molecular weight is 355 g/mol. The molecule has 0 bridgehead atoms. The van der Waals surface area contributed by atoms with Gasteiger partial charge < -0.3 is 5.32 Å². The number of hydrogen-bond donors (Lipinski definition) is 1. The van der Waals surface area contributed by atoms with Gasteiger partial charge in [0, 0.05) is 19.5 Å². The third-order valence-electron chi connectivity index (χ3n) is 4.14. The van der Waals surface area contributed by atoms with Gasteiger partial charge in [0.1, 0.15) is 11.4 Å². The number of fused-ring (bicyclic) bond motifs is 1. The van der Waals surface area contributed by atoms with Gasteiger partial charge in [-0.15, -0.1) is 0 Å². The van der Waals surface area contributed by atoms with Crippen LogP contribution in [0.2, 0.25) is 0 Å². The van der Waals surface area contributed by atoms with Gasteiger partial charge in [0.05, 0.1) is 17.3 Å². The lowest BCUT2D eigenvalue weighted by atomic mass is 9.96. The first-order valence-corrected chi connectivity index (χ1v) is 9.24. The molecule has 0 radical (unpaired) electrons. The number of hydrogen-bond acceptors (Lipinski definition) is 5. The Bertz CT molecular complexity index is 849. The number of benzene rings is 1. The lowest BCUT2D eigenvalue weighted by molar-refractivity contribution is -0.118. The van der Waals surface area contributed by atoms with E-state index in [0.29, 0.717) is 18.2 Å². The summed E-state index contributed by atoms with van der Waals surface area (Å²) in [6, 6.07) is 10.3. The smallest absolute Gasteiger partial charge is 0.230 e. The summed E-state index contributed by atoms with van der Waals surface area (Å²) in [5, 5.41) is 8.87. The lowest BCUT2D eigenvalue weighted by Gasteiger charge is -2.16. The van der Waals surface area contributed by atoms with E-state index in [0.717, 1.165) is 22.5 Å². The van der Waals surface area contributed by atoms with Crippen molar-refractivity contribution in [3.05, 3.63) is 48.4 Å². The van der Waals surface area contributed by atoms with Gasteiger partial charge in [-0.05, 0) is 12.0 Å². The SMILES string of the molecule is CCC(CNC(=O)CSc1ncnc2c1cnn2C)c1ccccc1. The molecule has 0 spiro atoms. The van der Waals surface area contributed by atoms with Crippen molar-refractivity contribution in [1.82, 2.24) is 25.1 Å². The molecular formula is C18H21N5OS. The van der Waals surface area contributed by atoms with E-state index >= 15 is 0 Å². The fourth-order valence-electron chi connectivity index (χ4n) is 2.70. The highest BCUT2D eigenvalue weighted by Crippen LogP contribution is 2.23. The van der Waals surface area contributed by atoms with Gasteiger partial charge in [-0.3, -0.25) is 9.48 Å². The Balaban J connectivity index is 1.56. The molecule has 3 rings (SSSR count). The Morgan fingerprint density at radius 2 is 2.08 bits per heavy atom. The summed E-state index contributed by atoms with van der Waals surface area (Å²) >= 11 is 1.41. The summed E-state index contributed by atoms with van der Waals surface area (Å²) in [5.74, 6) is 0.668. The molecular weight excluding hydrogens is 334 g/mol. The molecule has 0 fully saturated rings. The highest BCUT2D eigenvalue weighted by Gasteiger charge is 2.13. The second kappa shape index (κ2) is 8.11. The van der Waals surface area contributed by atoms with Gasteiger partial charge >= 0.3 is 0 Å². The monoisotopic (exact) mass is 355 g/mol. The molecule has 1 aromatic carbocycles. The molecule has 0 aliphatic carbocycles. The van der Waals surface area contributed by atoms with Crippen LogP contribution in [0.15, 0.2) is 47.9 Å². The number of carbonyl (C=O) groups excluding carboxylic acids is 1. The second-order valence-corrected chi connectivity index (χ2v) is 6.76. The van der Waals surface area contributed by atoms with Crippen molar-refractivity contribution in [3.8, 4) is 0 Å². The zero-order valence-corrected chi connectivity index (χ0v) is 15.2. The summed E-state index contributed by atoms with van der Waals surface area (Å²) in [7, 11) is 1.84. The van der Waals surface area contributed by atoms with Crippen LogP contribution < -0.4 is 5.32 Å². The van der Waals surface area contributed by atoms with E-state index < -0.39 is 0 Å². The van der Waals surface area contributed by atoms with Gasteiger partial charge in [0.15, 0.2) is 5.65 Å². The van der Waals surface area contributed by atoms with Gasteiger partial charge in [0.2, 0.25) is 5.91 Å². The third-order valence-corrected chi connectivity index (χ3v) is 5.15. The van der Waals surface area contributed by atoms with Crippen molar-refractivity contribution in [2.45, 2.75) is 24.3 Å². The number of aryl methyl sites for hydroxylation is 1. The largest absolute Gasteiger partial charge is 0.355 e. The van der Waals surface area contributed by atoms with Crippen LogP contribution in [0.3, 0.4) is 0 Å². The zero-order chi connectivity index (χ0) is 17.6. The number of carbonyl (C=O) groups is 1. The van der Waals surface area contributed by atoms with Gasteiger partial charge in [-0.2, -0.15) is 5.10 Å². The Labute approximate surface area is 151 Å². The molecule has 0 saturated heterocycles. The Morgan fingerprint density at radius 1 is 1.28 bits per heavy atom. The van der Waals surface area contributed by atoms with Crippen molar-refractivity contribution >= 4 is 28.7 Å². The summed E-state index contributed by atoms with van der Waals surface area (Å²) < 4.78 is 1.70. The zero-order valence-electron chi connectivity index (χ0n) is 14.3. The lowest BCUT2D eigenvalue weighted by Crippen LogP contribution is -2.29. The minimum absolute atomic E-state index is 0.00929. The molecule has 0 aliphatic rings. The molecule has 2 aromatic heterocycles. The van der Waals surface area contributed by atoms with E-state index in [9.17, 15) is 4.79 Å². The first-order valence-electron chi connectivity index (χ1n) is 8.26. The van der Waals surface area contributed by atoms with Crippen LogP contribution in [0.5, 0.6) is 0 Å². The fraction of sp³-hybridized carbons (Fsp3) is 0.333. The standard InChI is InChI=1S/C18H21N5OS/c1-3-13(14-7-5-4-6-8-14)9-19-16(24)11-25-18-15-10-22-23(2)17(15)20-12-21-18/h4-8,10,12-13H,3,9,11H2,1-2H3,(H,19,24). The highest BCUT2D eigenvalue weighted by atomic mass is 32.2. The second-order valence-electron chi connectivity index (χ2n) is 5.79. The van der Waals surface area contributed by atoms with Crippen molar-refractivity contribution in [2.24, 2.45) is 7.05 Å². The molecule has 3 aromatic rings. The minimum atomic E-state index is 0.00929. The summed E-state index contributed by atoms with van der Waals surface area (Å²) in [5.41, 5.74) is 2.03. The van der Waals surface area contributed by atoms with Crippen molar-refractivity contribution in [1.29, 1.82) is 0 Å². The predicted octanol–water partition coefficient (Wildman–Crippen LogP) is 2.77. The van der Waals surface area contributed by atoms with Crippen LogP contribution in [0.1, 0.15) is 24.8 Å². The topological polar surface area (TPSA) is 72.7 Å². The van der Waals surface area contributed by atoms with Crippen molar-refractivity contribution < 1.29 is 4.79 Å². The van der Waals surface area contributed by atoms with E-state index in [1.807, 2.05) is 25.2 Å². The van der Waals surface area contributed by atoms with E-state index in [2.05, 4.69) is 39.4 Å². The molecule has 130 valence electrons. The van der Waals surface area contributed by atoms with E-state index in [4.69, 9.17) is 0 Å². The molecule has 0 saturated carbocycles. The molecule has 1 atom stereocenters. The van der Waals surface area contributed by atoms with Crippen LogP contribution in [0, 0.1) is 0 Å². The molecule has 2 heterocycles. The molecule has 1 unspecified atom stereocenters. The molecule has 7 heteroatoms. The predicted molar refractivity (Wildman–Crippen MR) is 99.5 cm³/mol. The fourth-order valence-corrected chi connectivity index (χ4v) is 3.49. The maximum atomic E-state index is 12.2. The Kier molecular flexibility index (Phi) is 5.65. The maximum Gasteiger partial charge on any atom is 0.230 e. The van der Waals surface area contributed by atoms with Crippen LogP contribution in [-0.4, -0.2) is 38.0 Å². The first-order chi connectivity index (χ1) is 12.2. The number of thioether (sulfide) groups is 1. The van der Waals surface area contributed by atoms with Crippen LogP contribution in [0.25, 0.3) is 11.0 Å². The molecule has 1 amide bonds. The quantitative estimate of drug-likeness (QED) is 0.521. The van der Waals surface area contributed by atoms with Crippen LogP contribution >= 0.6 is 11.8 Å². The maximum absolute atomic E-state index is 12.2. The molecule has 6 nitrogen and oxygen atoms in total. The number of nitrogens with zero attached hydrogens (tertiary/aromatic N) is 4. The minimum Gasteiger partial charge on any atom is -0.355 e. The van der Waals surface area contributed by atoms with Crippen LogP contribution in [-0.2, 0) is 11.8 Å². The normalized spacial score (nSPS) is 12.2. The first kappa shape index (κ1) is 17.4. The van der Waals surface area contributed by atoms with Gasteiger partial charge in [-0.25, -0.2) is 9.97 Å². The average Bonchev–Trinajstić information content (AvgIpc) is 3.03. The number of nitrogens with one attached hydrogen (secondary N) is 1. The summed E-state index contributed by atoms with van der Waals surface area (Å²) in [6.45, 7) is 2.78. The van der Waals surface area contributed by atoms with E-state index in [1.54, 1.807) is 10.9 Å². The Hall–Kier alpha value is -2.41. The van der Waals surface area contributed by atoms with E-state index in [-0.39, 0.29) is 5.91 Å². The summed E-state index contributed by atoms with van der Waals surface area (Å²) in [4.78, 5) is 20.7. The number of aromatic nitrogens is 4. The number of amides is 1.